The van der Waals surface area contributed by atoms with E-state index in [1.807, 2.05) is 6.07 Å². The molecule has 2 N–H and O–H groups in total. The standard InChI is InChI=1S/C17H27NO4/c1-3-5-6-7-14-13-15(21-12-4-2)8-9-16(14)17(20)22-18-10-11-19/h8-9,13,18-19H,3-7,10-12H2,1-2H3. The number of aliphatic hydroxyl groups excluding tert-OH is 1. The van der Waals surface area contributed by atoms with Crippen LogP contribution < -0.4 is 10.2 Å². The van der Waals surface area contributed by atoms with Crippen LogP contribution >= 0.6 is 0 Å². The first-order chi connectivity index (χ1) is 10.7. The monoisotopic (exact) mass is 309 g/mol. The Hall–Kier alpha value is -1.59. The van der Waals surface area contributed by atoms with E-state index >= 15 is 0 Å². The Morgan fingerprint density at radius 2 is 2.05 bits per heavy atom. The SMILES string of the molecule is CCCCCc1cc(OCCC)ccc1C(=O)ONCCO. The van der Waals surface area contributed by atoms with E-state index in [-0.39, 0.29) is 13.2 Å². The molecule has 5 heteroatoms. The van der Waals surface area contributed by atoms with E-state index in [4.69, 9.17) is 14.7 Å². The lowest BCUT2D eigenvalue weighted by Gasteiger charge is -2.12. The van der Waals surface area contributed by atoms with E-state index in [2.05, 4.69) is 19.3 Å². The molecule has 22 heavy (non-hydrogen) atoms. The fourth-order valence-corrected chi connectivity index (χ4v) is 2.07. The minimum Gasteiger partial charge on any atom is -0.494 e. The number of ether oxygens (including phenoxy) is 1. The minimum absolute atomic E-state index is 0.0829. The van der Waals surface area contributed by atoms with Gasteiger partial charge in [0, 0.05) is 0 Å². The van der Waals surface area contributed by atoms with Crippen LogP contribution in [-0.2, 0) is 11.3 Å². The van der Waals surface area contributed by atoms with E-state index < -0.39 is 5.97 Å². The number of carbonyl (C=O) groups is 1. The van der Waals surface area contributed by atoms with Gasteiger partial charge < -0.3 is 14.7 Å². The Morgan fingerprint density at radius 1 is 1.23 bits per heavy atom. The van der Waals surface area contributed by atoms with Gasteiger partial charge in [0.1, 0.15) is 5.75 Å². The van der Waals surface area contributed by atoms with Gasteiger partial charge in [-0.25, -0.2) is 4.79 Å². The zero-order chi connectivity index (χ0) is 16.2. The second-order valence-corrected chi connectivity index (χ2v) is 5.13. The molecule has 5 nitrogen and oxygen atoms in total. The van der Waals surface area contributed by atoms with Crippen molar-refractivity contribution >= 4 is 5.97 Å². The third kappa shape index (κ3) is 6.45. The number of carbonyl (C=O) groups excluding carboxylic acids is 1. The average Bonchev–Trinajstić information content (AvgIpc) is 2.53. The number of aliphatic hydroxyl groups is 1. The Bertz CT molecular complexity index is 448. The van der Waals surface area contributed by atoms with Crippen molar-refractivity contribution in [1.82, 2.24) is 5.48 Å². The number of benzene rings is 1. The second kappa shape index (κ2) is 11.0. The number of aryl methyl sites for hydroxylation is 1. The maximum absolute atomic E-state index is 12.1. The smallest absolute Gasteiger partial charge is 0.357 e. The van der Waals surface area contributed by atoms with Crippen molar-refractivity contribution in [3.8, 4) is 5.75 Å². The van der Waals surface area contributed by atoms with Gasteiger partial charge in [-0.05, 0) is 43.0 Å². The van der Waals surface area contributed by atoms with Crippen molar-refractivity contribution < 1.29 is 19.5 Å². The van der Waals surface area contributed by atoms with E-state index in [9.17, 15) is 4.79 Å². The van der Waals surface area contributed by atoms with Crippen molar-refractivity contribution in [2.24, 2.45) is 0 Å². The van der Waals surface area contributed by atoms with Crippen molar-refractivity contribution in [3.05, 3.63) is 29.3 Å². The van der Waals surface area contributed by atoms with Crippen molar-refractivity contribution in [3.63, 3.8) is 0 Å². The zero-order valence-electron chi connectivity index (χ0n) is 13.6. The van der Waals surface area contributed by atoms with Crippen molar-refractivity contribution in [2.45, 2.75) is 46.0 Å². The highest BCUT2D eigenvalue weighted by atomic mass is 16.7. The summed E-state index contributed by atoms with van der Waals surface area (Å²) in [6.45, 7) is 5.00. The van der Waals surface area contributed by atoms with Crippen molar-refractivity contribution in [1.29, 1.82) is 0 Å². The molecule has 0 amide bonds. The van der Waals surface area contributed by atoms with Crippen LogP contribution in [0.4, 0.5) is 0 Å². The fourth-order valence-electron chi connectivity index (χ4n) is 2.07. The van der Waals surface area contributed by atoms with Crippen molar-refractivity contribution in [2.75, 3.05) is 19.8 Å². The molecule has 0 unspecified atom stereocenters. The van der Waals surface area contributed by atoms with Gasteiger partial charge >= 0.3 is 5.97 Å². The molecule has 0 saturated carbocycles. The molecule has 0 spiro atoms. The number of nitrogens with one attached hydrogen (secondary N) is 1. The molecule has 1 rings (SSSR count). The molecular formula is C17H27NO4. The number of hydroxylamine groups is 1. The molecule has 1 aromatic rings. The van der Waals surface area contributed by atoms with Crippen LogP contribution in [-0.4, -0.2) is 30.8 Å². The zero-order valence-corrected chi connectivity index (χ0v) is 13.6. The normalized spacial score (nSPS) is 10.5. The Balaban J connectivity index is 2.80. The van der Waals surface area contributed by atoms with Crippen LogP contribution in [0.2, 0.25) is 0 Å². The van der Waals surface area contributed by atoms with Gasteiger partial charge in [-0.3, -0.25) is 0 Å². The number of hydrogen-bond donors (Lipinski definition) is 2. The van der Waals surface area contributed by atoms with Crippen LogP contribution in [0.3, 0.4) is 0 Å². The molecule has 0 aromatic heterocycles. The summed E-state index contributed by atoms with van der Waals surface area (Å²) in [5.41, 5.74) is 3.94. The molecule has 0 radical (unpaired) electrons. The van der Waals surface area contributed by atoms with Crippen LogP contribution in [0.25, 0.3) is 0 Å². The third-order valence-electron chi connectivity index (χ3n) is 3.20. The van der Waals surface area contributed by atoms with Gasteiger partial charge in [0.15, 0.2) is 0 Å². The first-order valence-electron chi connectivity index (χ1n) is 8.03. The lowest BCUT2D eigenvalue weighted by atomic mass is 10.0. The van der Waals surface area contributed by atoms with Crippen LogP contribution in [0.1, 0.15) is 55.5 Å². The molecular weight excluding hydrogens is 282 g/mol. The molecule has 0 bridgehead atoms. The van der Waals surface area contributed by atoms with Gasteiger partial charge in [0.2, 0.25) is 0 Å². The number of unbranched alkanes of at least 4 members (excludes halogenated alkanes) is 2. The predicted molar refractivity (Wildman–Crippen MR) is 86.0 cm³/mol. The minimum atomic E-state index is -0.429. The molecule has 0 aliphatic rings. The lowest BCUT2D eigenvalue weighted by Crippen LogP contribution is -2.23. The number of rotatable bonds is 11. The maximum Gasteiger partial charge on any atom is 0.357 e. The second-order valence-electron chi connectivity index (χ2n) is 5.13. The summed E-state index contributed by atoms with van der Waals surface area (Å²) in [5.74, 6) is 0.357. The highest BCUT2D eigenvalue weighted by molar-refractivity contribution is 5.91. The van der Waals surface area contributed by atoms with Crippen LogP contribution in [0.15, 0.2) is 18.2 Å². The quantitative estimate of drug-likeness (QED) is 0.486. The van der Waals surface area contributed by atoms with E-state index in [0.717, 1.165) is 43.4 Å². The molecule has 0 heterocycles. The van der Waals surface area contributed by atoms with E-state index in [1.54, 1.807) is 12.1 Å². The number of hydrogen-bond acceptors (Lipinski definition) is 5. The first kappa shape index (κ1) is 18.5. The summed E-state index contributed by atoms with van der Waals surface area (Å²) in [6.07, 6.45) is 5.04. The fraction of sp³-hybridized carbons (Fsp3) is 0.588. The summed E-state index contributed by atoms with van der Waals surface area (Å²) in [4.78, 5) is 17.0. The summed E-state index contributed by atoms with van der Waals surface area (Å²) in [6, 6.07) is 5.46. The molecule has 124 valence electrons. The third-order valence-corrected chi connectivity index (χ3v) is 3.20. The van der Waals surface area contributed by atoms with Gasteiger partial charge in [0.25, 0.3) is 0 Å². The largest absolute Gasteiger partial charge is 0.494 e. The van der Waals surface area contributed by atoms with E-state index in [0.29, 0.717) is 12.2 Å². The van der Waals surface area contributed by atoms with Gasteiger partial charge in [0.05, 0.1) is 25.3 Å². The topological polar surface area (TPSA) is 67.8 Å². The molecule has 0 fully saturated rings. The molecule has 0 aliphatic carbocycles. The molecule has 0 aliphatic heterocycles. The predicted octanol–water partition coefficient (Wildman–Crippen LogP) is 2.86. The lowest BCUT2D eigenvalue weighted by molar-refractivity contribution is 0.0222. The van der Waals surface area contributed by atoms with Gasteiger partial charge in [-0.2, -0.15) is 5.48 Å². The Labute approximate surface area is 132 Å². The Kier molecular flexibility index (Phi) is 9.26. The molecule has 0 saturated heterocycles. The Morgan fingerprint density at radius 3 is 2.73 bits per heavy atom. The summed E-state index contributed by atoms with van der Waals surface area (Å²) in [5, 5.41) is 8.70. The van der Waals surface area contributed by atoms with Gasteiger partial charge in [-0.1, -0.05) is 26.7 Å². The maximum atomic E-state index is 12.1. The highest BCUT2D eigenvalue weighted by Crippen LogP contribution is 2.21. The van der Waals surface area contributed by atoms with Crippen LogP contribution in [0, 0.1) is 0 Å². The summed E-state index contributed by atoms with van der Waals surface area (Å²) >= 11 is 0. The van der Waals surface area contributed by atoms with Crippen LogP contribution in [0.5, 0.6) is 5.75 Å². The molecule has 1 aromatic carbocycles. The highest BCUT2D eigenvalue weighted by Gasteiger charge is 2.14. The molecule has 0 atom stereocenters. The van der Waals surface area contributed by atoms with Gasteiger partial charge in [-0.15, -0.1) is 0 Å². The first-order valence-corrected chi connectivity index (χ1v) is 8.03. The summed E-state index contributed by atoms with van der Waals surface area (Å²) < 4.78 is 5.63. The summed E-state index contributed by atoms with van der Waals surface area (Å²) in [7, 11) is 0. The van der Waals surface area contributed by atoms with E-state index in [1.165, 1.54) is 0 Å². The average molecular weight is 309 g/mol.